The van der Waals surface area contributed by atoms with Gasteiger partial charge in [-0.15, -0.1) is 11.3 Å². The van der Waals surface area contributed by atoms with Gasteiger partial charge in [0.2, 0.25) is 0 Å². The summed E-state index contributed by atoms with van der Waals surface area (Å²) in [4.78, 5) is 0. The molecule has 2 aromatic rings. The van der Waals surface area contributed by atoms with Crippen LogP contribution in [0.2, 0.25) is 0 Å². The maximum Gasteiger partial charge on any atom is 0.0349 e. The summed E-state index contributed by atoms with van der Waals surface area (Å²) in [5, 5.41) is 7.25. The van der Waals surface area contributed by atoms with Gasteiger partial charge in [0.05, 0.1) is 0 Å². The van der Waals surface area contributed by atoms with Crippen LogP contribution in [0.3, 0.4) is 0 Å². The molecule has 18 heavy (non-hydrogen) atoms. The zero-order valence-electron chi connectivity index (χ0n) is 11.2. The van der Waals surface area contributed by atoms with Gasteiger partial charge in [-0.25, -0.2) is 0 Å². The van der Waals surface area contributed by atoms with Crippen molar-refractivity contribution in [1.82, 2.24) is 0 Å². The Balaban J connectivity index is 1.75. The normalized spacial score (nSPS) is 23.1. The fourth-order valence-corrected chi connectivity index (χ4v) is 3.88. The Morgan fingerprint density at radius 2 is 2.17 bits per heavy atom. The van der Waals surface area contributed by atoms with Crippen molar-refractivity contribution >= 4 is 27.1 Å². The van der Waals surface area contributed by atoms with Crippen molar-refractivity contribution in [2.75, 3.05) is 5.32 Å². The molecule has 1 fully saturated rings. The molecular weight excluding hydrogens is 238 g/mol. The van der Waals surface area contributed by atoms with Crippen molar-refractivity contribution in [2.45, 2.75) is 45.6 Å². The highest BCUT2D eigenvalue weighted by atomic mass is 32.1. The minimum absolute atomic E-state index is 0.502. The summed E-state index contributed by atoms with van der Waals surface area (Å²) in [7, 11) is 0. The van der Waals surface area contributed by atoms with Gasteiger partial charge in [-0.05, 0) is 59.7 Å². The van der Waals surface area contributed by atoms with Crippen LogP contribution in [0, 0.1) is 5.41 Å². The van der Waals surface area contributed by atoms with E-state index >= 15 is 0 Å². The Labute approximate surface area is 113 Å². The highest BCUT2D eigenvalue weighted by Gasteiger charge is 2.27. The second kappa shape index (κ2) is 4.58. The summed E-state index contributed by atoms with van der Waals surface area (Å²) in [6.07, 6.45) is 5.32. The first kappa shape index (κ1) is 12.0. The molecule has 1 aliphatic rings. The number of fused-ring (bicyclic) bond motifs is 1. The molecule has 1 saturated carbocycles. The Morgan fingerprint density at radius 1 is 1.28 bits per heavy atom. The zero-order chi connectivity index (χ0) is 12.6. The fraction of sp³-hybridized carbons (Fsp3) is 0.500. The van der Waals surface area contributed by atoms with Crippen molar-refractivity contribution < 1.29 is 0 Å². The van der Waals surface area contributed by atoms with E-state index in [2.05, 4.69) is 48.8 Å². The average Bonchev–Trinajstić information content (AvgIpc) is 2.74. The summed E-state index contributed by atoms with van der Waals surface area (Å²) in [6.45, 7) is 4.78. The second-order valence-electron chi connectivity index (χ2n) is 6.28. The third-order valence-corrected chi connectivity index (χ3v) is 4.93. The van der Waals surface area contributed by atoms with Crippen LogP contribution >= 0.6 is 11.3 Å². The maximum atomic E-state index is 3.72. The van der Waals surface area contributed by atoms with E-state index in [4.69, 9.17) is 0 Å². The minimum atomic E-state index is 0.502. The summed E-state index contributed by atoms with van der Waals surface area (Å²) < 4.78 is 1.38. The molecule has 0 aliphatic heterocycles. The Bertz CT molecular complexity index is 541. The second-order valence-corrected chi connectivity index (χ2v) is 7.22. The molecule has 1 N–H and O–H groups in total. The number of nitrogens with one attached hydrogen (secondary N) is 1. The molecule has 1 unspecified atom stereocenters. The van der Waals surface area contributed by atoms with E-state index < -0.39 is 0 Å². The van der Waals surface area contributed by atoms with Crippen LogP contribution < -0.4 is 5.32 Å². The van der Waals surface area contributed by atoms with Crippen molar-refractivity contribution in [3.05, 3.63) is 29.6 Å². The van der Waals surface area contributed by atoms with E-state index in [-0.39, 0.29) is 0 Å². The molecule has 1 aromatic heterocycles. The van der Waals surface area contributed by atoms with Gasteiger partial charge in [0.15, 0.2) is 0 Å². The number of thiophene rings is 1. The van der Waals surface area contributed by atoms with Crippen LogP contribution in [-0.2, 0) is 0 Å². The molecule has 2 heteroatoms. The third-order valence-electron chi connectivity index (χ3n) is 4.03. The lowest BCUT2D eigenvalue weighted by Crippen LogP contribution is -2.31. The van der Waals surface area contributed by atoms with Crippen LogP contribution in [0.15, 0.2) is 29.6 Å². The highest BCUT2D eigenvalue weighted by molar-refractivity contribution is 7.17. The van der Waals surface area contributed by atoms with Gasteiger partial charge in [0, 0.05) is 16.4 Å². The topological polar surface area (TPSA) is 12.0 Å². The van der Waals surface area contributed by atoms with Crippen molar-refractivity contribution in [3.63, 3.8) is 0 Å². The van der Waals surface area contributed by atoms with Crippen LogP contribution in [0.25, 0.3) is 10.1 Å². The molecule has 1 aliphatic carbocycles. The van der Waals surface area contributed by atoms with E-state index in [1.165, 1.54) is 41.5 Å². The molecule has 0 saturated heterocycles. The van der Waals surface area contributed by atoms with Gasteiger partial charge in [-0.2, -0.15) is 0 Å². The van der Waals surface area contributed by atoms with Crippen molar-refractivity contribution in [3.8, 4) is 0 Å². The van der Waals surface area contributed by atoms with Crippen LogP contribution in [0.4, 0.5) is 5.69 Å². The van der Waals surface area contributed by atoms with Gasteiger partial charge < -0.3 is 5.32 Å². The summed E-state index contributed by atoms with van der Waals surface area (Å²) in [5.74, 6) is 0. The van der Waals surface area contributed by atoms with Crippen molar-refractivity contribution in [1.29, 1.82) is 0 Å². The maximum absolute atomic E-state index is 3.72. The lowest BCUT2D eigenvalue weighted by Gasteiger charge is -2.36. The molecule has 0 bridgehead atoms. The van der Waals surface area contributed by atoms with E-state index in [0.29, 0.717) is 11.5 Å². The summed E-state index contributed by atoms with van der Waals surface area (Å²) >= 11 is 1.81. The lowest BCUT2D eigenvalue weighted by atomic mass is 9.75. The van der Waals surface area contributed by atoms with Gasteiger partial charge in [0.1, 0.15) is 0 Å². The molecule has 1 heterocycles. The molecular formula is C16H21NS. The Hall–Kier alpha value is -1.02. The first-order valence-electron chi connectivity index (χ1n) is 6.86. The van der Waals surface area contributed by atoms with E-state index in [9.17, 15) is 0 Å². The SMILES string of the molecule is CC1(C)CCCC(Nc2ccc3sccc3c2)C1. The Morgan fingerprint density at radius 3 is 3.00 bits per heavy atom. The first-order valence-corrected chi connectivity index (χ1v) is 7.74. The molecule has 1 aromatic carbocycles. The summed E-state index contributed by atoms with van der Waals surface area (Å²) in [5.41, 5.74) is 1.78. The largest absolute Gasteiger partial charge is 0.382 e. The van der Waals surface area contributed by atoms with Crippen molar-refractivity contribution in [2.24, 2.45) is 5.41 Å². The first-order chi connectivity index (χ1) is 8.62. The quantitative estimate of drug-likeness (QED) is 0.773. The predicted molar refractivity (Wildman–Crippen MR) is 81.5 cm³/mol. The minimum Gasteiger partial charge on any atom is -0.382 e. The molecule has 96 valence electrons. The Kier molecular flexibility index (Phi) is 3.06. The molecule has 1 atom stereocenters. The number of rotatable bonds is 2. The number of hydrogen-bond acceptors (Lipinski definition) is 2. The van der Waals surface area contributed by atoms with E-state index in [1.807, 2.05) is 11.3 Å². The average molecular weight is 259 g/mol. The molecule has 0 amide bonds. The number of anilines is 1. The van der Waals surface area contributed by atoms with Gasteiger partial charge in [-0.1, -0.05) is 20.3 Å². The highest BCUT2D eigenvalue weighted by Crippen LogP contribution is 2.36. The molecule has 1 nitrogen and oxygen atoms in total. The van der Waals surface area contributed by atoms with Gasteiger partial charge in [0.25, 0.3) is 0 Å². The van der Waals surface area contributed by atoms with Crippen LogP contribution in [-0.4, -0.2) is 6.04 Å². The number of benzene rings is 1. The monoisotopic (exact) mass is 259 g/mol. The molecule has 3 rings (SSSR count). The predicted octanol–water partition coefficient (Wildman–Crippen LogP) is 5.28. The smallest absolute Gasteiger partial charge is 0.0349 e. The van der Waals surface area contributed by atoms with E-state index in [0.717, 1.165) is 0 Å². The standard InChI is InChI=1S/C16H21NS/c1-16(2)8-3-4-14(11-16)17-13-5-6-15-12(10-13)7-9-18-15/h5-7,9-10,14,17H,3-4,8,11H2,1-2H3. The molecule has 0 spiro atoms. The molecule has 0 radical (unpaired) electrons. The summed E-state index contributed by atoms with van der Waals surface area (Å²) in [6, 6.07) is 9.59. The van der Waals surface area contributed by atoms with E-state index in [1.54, 1.807) is 0 Å². The number of hydrogen-bond donors (Lipinski definition) is 1. The van der Waals surface area contributed by atoms with Gasteiger partial charge in [-0.3, -0.25) is 0 Å². The lowest BCUT2D eigenvalue weighted by molar-refractivity contribution is 0.229. The zero-order valence-corrected chi connectivity index (χ0v) is 12.0. The van der Waals surface area contributed by atoms with Crippen LogP contribution in [0.1, 0.15) is 39.5 Å². The third kappa shape index (κ3) is 2.54. The van der Waals surface area contributed by atoms with Crippen LogP contribution in [0.5, 0.6) is 0 Å². The van der Waals surface area contributed by atoms with Gasteiger partial charge >= 0.3 is 0 Å². The fourth-order valence-electron chi connectivity index (χ4n) is 3.11.